The molecule has 1 aliphatic carbocycles. The van der Waals surface area contributed by atoms with Crippen molar-refractivity contribution in [2.24, 2.45) is 0 Å². The van der Waals surface area contributed by atoms with Crippen molar-refractivity contribution in [3.63, 3.8) is 0 Å². The van der Waals surface area contributed by atoms with E-state index in [0.29, 0.717) is 37.8 Å². The number of anilines is 1. The zero-order valence-electron chi connectivity index (χ0n) is 18.3. The zero-order valence-corrected chi connectivity index (χ0v) is 19.1. The molecular weight excluding hydrogens is 447 g/mol. The summed E-state index contributed by atoms with van der Waals surface area (Å²) < 4.78 is 41.1. The maximum absolute atomic E-state index is 13.8. The SMILES string of the molecule is C[C@H](C(=O)NC1CC1)N1CCN(C(=O)c2ccc(S(=O)(=O)Nc3ccccc3F)cc2)CC1. The van der Waals surface area contributed by atoms with Crippen LogP contribution in [0.5, 0.6) is 0 Å². The summed E-state index contributed by atoms with van der Waals surface area (Å²) in [5.41, 5.74) is 0.225. The third-order valence-corrected chi connectivity index (χ3v) is 7.36. The quantitative estimate of drug-likeness (QED) is 0.640. The number of rotatable bonds is 7. The molecule has 2 fully saturated rings. The topological polar surface area (TPSA) is 98.8 Å². The Labute approximate surface area is 192 Å². The first-order valence-electron chi connectivity index (χ1n) is 11.0. The molecule has 0 unspecified atom stereocenters. The highest BCUT2D eigenvalue weighted by Gasteiger charge is 2.31. The average molecular weight is 475 g/mol. The third kappa shape index (κ3) is 5.51. The molecule has 1 saturated heterocycles. The van der Waals surface area contributed by atoms with Crippen LogP contribution in [0.15, 0.2) is 53.4 Å². The third-order valence-electron chi connectivity index (χ3n) is 5.98. The number of piperazine rings is 1. The molecule has 1 aliphatic heterocycles. The summed E-state index contributed by atoms with van der Waals surface area (Å²) in [5.74, 6) is -0.847. The van der Waals surface area contributed by atoms with Gasteiger partial charge in [0, 0.05) is 37.8 Å². The van der Waals surface area contributed by atoms with Gasteiger partial charge in [-0.1, -0.05) is 12.1 Å². The van der Waals surface area contributed by atoms with Crippen LogP contribution in [0, 0.1) is 5.82 Å². The molecule has 10 heteroatoms. The van der Waals surface area contributed by atoms with E-state index in [1.165, 1.54) is 48.5 Å². The molecule has 2 aliphatic rings. The number of nitrogens with zero attached hydrogens (tertiary/aromatic N) is 2. The number of halogens is 1. The summed E-state index contributed by atoms with van der Waals surface area (Å²) >= 11 is 0. The van der Waals surface area contributed by atoms with Gasteiger partial charge in [0.1, 0.15) is 5.82 Å². The van der Waals surface area contributed by atoms with Gasteiger partial charge in [0.15, 0.2) is 0 Å². The van der Waals surface area contributed by atoms with Crippen LogP contribution < -0.4 is 10.0 Å². The van der Waals surface area contributed by atoms with E-state index in [9.17, 15) is 22.4 Å². The van der Waals surface area contributed by atoms with Crippen LogP contribution in [0.25, 0.3) is 0 Å². The summed E-state index contributed by atoms with van der Waals surface area (Å²) in [4.78, 5) is 28.8. The lowest BCUT2D eigenvalue weighted by Gasteiger charge is -2.37. The molecule has 1 atom stereocenters. The van der Waals surface area contributed by atoms with Gasteiger partial charge in [-0.25, -0.2) is 12.8 Å². The summed E-state index contributed by atoms with van der Waals surface area (Å²) in [6, 6.07) is 11.1. The molecule has 4 rings (SSSR count). The van der Waals surface area contributed by atoms with Crippen molar-refractivity contribution in [1.82, 2.24) is 15.1 Å². The van der Waals surface area contributed by atoms with Crippen molar-refractivity contribution in [2.75, 3.05) is 30.9 Å². The van der Waals surface area contributed by atoms with Gasteiger partial charge in [0.2, 0.25) is 5.91 Å². The molecule has 33 heavy (non-hydrogen) atoms. The Kier molecular flexibility index (Phi) is 6.66. The van der Waals surface area contributed by atoms with E-state index >= 15 is 0 Å². The summed E-state index contributed by atoms with van der Waals surface area (Å²) in [6.45, 7) is 4.02. The second kappa shape index (κ2) is 9.48. The number of carbonyl (C=O) groups excluding carboxylic acids is 2. The van der Waals surface area contributed by atoms with Crippen molar-refractivity contribution in [2.45, 2.75) is 36.7 Å². The number of sulfonamides is 1. The fourth-order valence-corrected chi connectivity index (χ4v) is 4.80. The van der Waals surface area contributed by atoms with Crippen LogP contribution >= 0.6 is 0 Å². The number of benzene rings is 2. The molecule has 2 aromatic carbocycles. The zero-order chi connectivity index (χ0) is 23.6. The molecule has 2 amide bonds. The molecule has 2 N–H and O–H groups in total. The number of amides is 2. The number of nitrogens with one attached hydrogen (secondary N) is 2. The Bertz CT molecular complexity index is 1130. The Hall–Kier alpha value is -2.98. The van der Waals surface area contributed by atoms with Gasteiger partial charge < -0.3 is 10.2 Å². The average Bonchev–Trinajstić information content (AvgIpc) is 3.64. The second-order valence-corrected chi connectivity index (χ2v) is 10.1. The number of hydrogen-bond donors (Lipinski definition) is 2. The number of carbonyl (C=O) groups is 2. The minimum absolute atomic E-state index is 0.0260. The van der Waals surface area contributed by atoms with Gasteiger partial charge in [-0.05, 0) is 56.2 Å². The normalized spacial score (nSPS) is 17.9. The van der Waals surface area contributed by atoms with E-state index < -0.39 is 15.8 Å². The molecule has 0 spiro atoms. The molecular formula is C23H27FN4O4S. The lowest BCUT2D eigenvalue weighted by molar-refractivity contribution is -0.126. The fourth-order valence-electron chi connectivity index (χ4n) is 3.73. The van der Waals surface area contributed by atoms with Crippen molar-refractivity contribution in [1.29, 1.82) is 0 Å². The van der Waals surface area contributed by atoms with Crippen LogP contribution in [0.1, 0.15) is 30.1 Å². The van der Waals surface area contributed by atoms with Crippen LogP contribution in [0.4, 0.5) is 10.1 Å². The van der Waals surface area contributed by atoms with Crippen molar-refractivity contribution in [3.05, 3.63) is 59.9 Å². The number of hydrogen-bond acceptors (Lipinski definition) is 5. The standard InChI is InChI=1S/C23H27FN4O4S/c1-16(22(29)25-18-8-9-18)27-12-14-28(15-13-27)23(30)17-6-10-19(11-7-17)33(31,32)26-21-5-3-2-4-20(21)24/h2-7,10-11,16,18,26H,8-9,12-15H2,1H3,(H,25,29)/t16-/m1/s1. The predicted molar refractivity (Wildman–Crippen MR) is 122 cm³/mol. The van der Waals surface area contributed by atoms with Crippen LogP contribution in [0.2, 0.25) is 0 Å². The van der Waals surface area contributed by atoms with Crippen molar-refractivity contribution in [3.8, 4) is 0 Å². The van der Waals surface area contributed by atoms with Crippen molar-refractivity contribution < 1.29 is 22.4 Å². The van der Waals surface area contributed by atoms with Crippen LogP contribution in [0.3, 0.4) is 0 Å². The van der Waals surface area contributed by atoms with Crippen molar-refractivity contribution >= 4 is 27.5 Å². The largest absolute Gasteiger partial charge is 0.352 e. The van der Waals surface area contributed by atoms with E-state index in [2.05, 4.69) is 14.9 Å². The number of para-hydroxylation sites is 1. The van der Waals surface area contributed by atoms with E-state index in [4.69, 9.17) is 0 Å². The first kappa shape index (κ1) is 23.2. The van der Waals surface area contributed by atoms with Gasteiger partial charge in [-0.3, -0.25) is 19.2 Å². The van der Waals surface area contributed by atoms with Gasteiger partial charge >= 0.3 is 0 Å². The highest BCUT2D eigenvalue weighted by atomic mass is 32.2. The summed E-state index contributed by atoms with van der Waals surface area (Å²) in [7, 11) is -3.99. The predicted octanol–water partition coefficient (Wildman–Crippen LogP) is 2.05. The van der Waals surface area contributed by atoms with E-state index in [-0.39, 0.29) is 28.4 Å². The molecule has 2 aromatic rings. The van der Waals surface area contributed by atoms with E-state index in [1.807, 2.05) is 6.92 Å². The molecule has 1 heterocycles. The second-order valence-electron chi connectivity index (χ2n) is 8.40. The maximum atomic E-state index is 13.8. The summed E-state index contributed by atoms with van der Waals surface area (Å²) in [5, 5.41) is 3.01. The van der Waals surface area contributed by atoms with Gasteiger partial charge in [-0.2, -0.15) is 0 Å². The fraction of sp³-hybridized carbons (Fsp3) is 0.391. The molecule has 0 radical (unpaired) electrons. The Morgan fingerprint density at radius 2 is 1.64 bits per heavy atom. The lowest BCUT2D eigenvalue weighted by Crippen LogP contribution is -2.55. The van der Waals surface area contributed by atoms with Gasteiger partial charge in [0.25, 0.3) is 15.9 Å². The maximum Gasteiger partial charge on any atom is 0.261 e. The molecule has 176 valence electrons. The van der Waals surface area contributed by atoms with E-state index in [0.717, 1.165) is 12.8 Å². The molecule has 1 saturated carbocycles. The Morgan fingerprint density at radius 3 is 2.24 bits per heavy atom. The smallest absolute Gasteiger partial charge is 0.261 e. The van der Waals surface area contributed by atoms with Crippen LogP contribution in [-0.2, 0) is 14.8 Å². The Balaban J connectivity index is 1.34. The monoisotopic (exact) mass is 474 g/mol. The van der Waals surface area contributed by atoms with Crippen LogP contribution in [-0.4, -0.2) is 68.3 Å². The Morgan fingerprint density at radius 1 is 1.00 bits per heavy atom. The highest BCUT2D eigenvalue weighted by molar-refractivity contribution is 7.92. The molecule has 0 bridgehead atoms. The molecule has 8 nitrogen and oxygen atoms in total. The first-order chi connectivity index (χ1) is 15.7. The molecule has 0 aromatic heterocycles. The lowest BCUT2D eigenvalue weighted by atomic mass is 10.1. The van der Waals surface area contributed by atoms with Gasteiger partial charge in [0.05, 0.1) is 16.6 Å². The summed E-state index contributed by atoms with van der Waals surface area (Å²) in [6.07, 6.45) is 2.08. The highest BCUT2D eigenvalue weighted by Crippen LogP contribution is 2.21. The minimum Gasteiger partial charge on any atom is -0.352 e. The van der Waals surface area contributed by atoms with E-state index in [1.54, 1.807) is 4.90 Å². The minimum atomic E-state index is -3.99. The first-order valence-corrected chi connectivity index (χ1v) is 12.4. The van der Waals surface area contributed by atoms with Gasteiger partial charge in [-0.15, -0.1) is 0 Å².